The Balaban J connectivity index is 1.38. The van der Waals surface area contributed by atoms with Gasteiger partial charge in [0.1, 0.15) is 11.6 Å². The number of carbonyl (C=O) groups excluding carboxylic acids is 1. The molecule has 3 aromatic rings. The van der Waals surface area contributed by atoms with Crippen molar-refractivity contribution in [2.75, 3.05) is 13.2 Å². The van der Waals surface area contributed by atoms with Gasteiger partial charge in [-0.15, -0.1) is 0 Å². The number of ether oxygens (including phenoxy) is 1. The number of benzene rings is 2. The van der Waals surface area contributed by atoms with Gasteiger partial charge in [0.15, 0.2) is 12.1 Å². The number of aromatic nitrogens is 2. The standard InChI is InChI=1S/C28H27FN4O3/c1-3-35-25-13-20(4-9-24(25)32-15-19(2)30-18-32)12-21-14-27(10-11-27)16-33-26(21)31-36-28(33,17-34)22-5-7-23(29)8-6-22/h4-9,12-13,15,17-18H,3,10-11,14,16H2,1-2H3. The monoisotopic (exact) mass is 486 g/mol. The molecule has 2 aromatic carbocycles. The average molecular weight is 487 g/mol. The molecule has 2 fully saturated rings. The Hall–Kier alpha value is -3.94. The first kappa shape index (κ1) is 22.5. The lowest BCUT2D eigenvalue weighted by Crippen LogP contribution is -2.52. The van der Waals surface area contributed by atoms with Crippen LogP contribution >= 0.6 is 0 Å². The van der Waals surface area contributed by atoms with Crippen molar-refractivity contribution in [2.45, 2.75) is 38.8 Å². The number of halogens is 1. The van der Waals surface area contributed by atoms with Gasteiger partial charge in [-0.1, -0.05) is 11.2 Å². The number of aryl methyl sites for hydroxylation is 1. The van der Waals surface area contributed by atoms with Crippen molar-refractivity contribution in [3.05, 3.63) is 83.2 Å². The summed E-state index contributed by atoms with van der Waals surface area (Å²) in [6.45, 7) is 5.12. The molecule has 1 spiro atoms. The lowest BCUT2D eigenvalue weighted by molar-refractivity contribution is -0.148. The first-order chi connectivity index (χ1) is 17.4. The lowest BCUT2D eigenvalue weighted by atomic mass is 9.86. The predicted molar refractivity (Wildman–Crippen MR) is 133 cm³/mol. The number of hydrogen-bond donors (Lipinski definition) is 0. The largest absolute Gasteiger partial charge is 0.492 e. The molecule has 1 saturated carbocycles. The molecule has 0 radical (unpaired) electrons. The van der Waals surface area contributed by atoms with Crippen LogP contribution in [0.4, 0.5) is 4.39 Å². The van der Waals surface area contributed by atoms with Gasteiger partial charge in [0.2, 0.25) is 0 Å². The highest BCUT2D eigenvalue weighted by Gasteiger charge is 2.58. The van der Waals surface area contributed by atoms with Crippen LogP contribution in [0.5, 0.6) is 5.75 Å². The summed E-state index contributed by atoms with van der Waals surface area (Å²) < 4.78 is 21.5. The van der Waals surface area contributed by atoms with Gasteiger partial charge in [-0.25, -0.2) is 9.37 Å². The summed E-state index contributed by atoms with van der Waals surface area (Å²) in [6, 6.07) is 11.9. The van der Waals surface area contributed by atoms with E-state index >= 15 is 0 Å². The second-order valence-corrected chi connectivity index (χ2v) is 9.84. The van der Waals surface area contributed by atoms with E-state index in [0.717, 1.165) is 53.8 Å². The molecule has 1 saturated heterocycles. The summed E-state index contributed by atoms with van der Waals surface area (Å²) in [5.41, 5.74) is 3.09. The highest BCUT2D eigenvalue weighted by molar-refractivity contribution is 6.05. The maximum absolute atomic E-state index is 13.6. The Labute approximate surface area is 208 Å². The van der Waals surface area contributed by atoms with E-state index in [1.165, 1.54) is 12.1 Å². The Kier molecular flexibility index (Phi) is 5.21. The van der Waals surface area contributed by atoms with Crippen LogP contribution in [-0.4, -0.2) is 39.7 Å². The Morgan fingerprint density at radius 1 is 1.19 bits per heavy atom. The number of rotatable bonds is 6. The fourth-order valence-electron chi connectivity index (χ4n) is 5.20. The van der Waals surface area contributed by atoms with Crippen LogP contribution in [0.2, 0.25) is 0 Å². The average Bonchev–Trinajstić information content (AvgIpc) is 3.29. The zero-order chi connectivity index (χ0) is 24.9. The normalized spacial score (nSPS) is 22.8. The highest BCUT2D eigenvalue weighted by Crippen LogP contribution is 2.57. The second-order valence-electron chi connectivity index (χ2n) is 9.84. The summed E-state index contributed by atoms with van der Waals surface area (Å²) in [7, 11) is 0. The summed E-state index contributed by atoms with van der Waals surface area (Å²) in [4.78, 5) is 24.6. The molecule has 8 heteroatoms. The van der Waals surface area contributed by atoms with E-state index in [1.807, 2.05) is 47.7 Å². The van der Waals surface area contributed by atoms with Gasteiger partial charge in [-0.3, -0.25) is 4.79 Å². The molecule has 3 heterocycles. The molecule has 1 aliphatic carbocycles. The smallest absolute Gasteiger partial charge is 0.293 e. The number of fused-ring (bicyclic) bond motifs is 1. The van der Waals surface area contributed by atoms with Crippen LogP contribution in [0.3, 0.4) is 0 Å². The summed E-state index contributed by atoms with van der Waals surface area (Å²) >= 11 is 0. The Morgan fingerprint density at radius 3 is 2.67 bits per heavy atom. The van der Waals surface area contributed by atoms with Crippen molar-refractivity contribution in [3.63, 3.8) is 0 Å². The van der Waals surface area contributed by atoms with E-state index in [2.05, 4.69) is 16.2 Å². The van der Waals surface area contributed by atoms with Gasteiger partial charge in [-0.2, -0.15) is 0 Å². The van der Waals surface area contributed by atoms with Crippen molar-refractivity contribution in [1.29, 1.82) is 0 Å². The van der Waals surface area contributed by atoms with E-state index in [4.69, 9.17) is 9.57 Å². The van der Waals surface area contributed by atoms with E-state index in [9.17, 15) is 9.18 Å². The quantitative estimate of drug-likeness (QED) is 0.460. The molecule has 0 N–H and O–H groups in total. The third-order valence-corrected chi connectivity index (χ3v) is 7.26. The third kappa shape index (κ3) is 3.68. The molecular formula is C28H27FN4O3. The first-order valence-electron chi connectivity index (χ1n) is 12.2. The summed E-state index contributed by atoms with van der Waals surface area (Å²) in [6.07, 6.45) is 9.63. The van der Waals surface area contributed by atoms with Gasteiger partial charge in [-0.05, 0) is 92.1 Å². The zero-order valence-corrected chi connectivity index (χ0v) is 20.3. The van der Waals surface area contributed by atoms with Crippen molar-refractivity contribution >= 4 is 18.2 Å². The maximum Gasteiger partial charge on any atom is 0.293 e. The van der Waals surface area contributed by atoms with Crippen LogP contribution in [0.15, 0.2) is 65.7 Å². The third-order valence-electron chi connectivity index (χ3n) is 7.26. The van der Waals surface area contributed by atoms with Crippen LogP contribution in [0.1, 0.15) is 43.0 Å². The van der Waals surface area contributed by atoms with Crippen molar-refractivity contribution < 1.29 is 18.8 Å². The topological polar surface area (TPSA) is 69.0 Å². The van der Waals surface area contributed by atoms with Crippen molar-refractivity contribution in [2.24, 2.45) is 10.6 Å². The van der Waals surface area contributed by atoms with Gasteiger partial charge in [0.25, 0.3) is 5.72 Å². The van der Waals surface area contributed by atoms with Crippen LogP contribution in [-0.2, 0) is 15.4 Å². The van der Waals surface area contributed by atoms with Gasteiger partial charge in [0.05, 0.1) is 24.3 Å². The maximum atomic E-state index is 13.6. The minimum atomic E-state index is -1.39. The second kappa shape index (κ2) is 8.33. The Bertz CT molecular complexity index is 1390. The number of piperidine rings is 1. The summed E-state index contributed by atoms with van der Waals surface area (Å²) in [5, 5.41) is 4.38. The van der Waals surface area contributed by atoms with E-state index in [1.54, 1.807) is 18.5 Å². The van der Waals surface area contributed by atoms with Crippen molar-refractivity contribution in [1.82, 2.24) is 14.5 Å². The molecule has 6 rings (SSSR count). The number of imidazole rings is 1. The first-order valence-corrected chi connectivity index (χ1v) is 12.2. The van der Waals surface area contributed by atoms with Crippen LogP contribution in [0.25, 0.3) is 11.8 Å². The number of carbonyl (C=O) groups is 1. The van der Waals surface area contributed by atoms with E-state index < -0.39 is 5.72 Å². The number of oxime groups is 1. The molecule has 3 aliphatic rings. The molecule has 1 atom stereocenters. The zero-order valence-electron chi connectivity index (χ0n) is 20.3. The predicted octanol–water partition coefficient (Wildman–Crippen LogP) is 4.98. The van der Waals surface area contributed by atoms with Crippen LogP contribution in [0, 0.1) is 18.2 Å². The molecule has 2 aliphatic heterocycles. The molecule has 0 bridgehead atoms. The lowest BCUT2D eigenvalue weighted by Gasteiger charge is -2.40. The molecule has 7 nitrogen and oxygen atoms in total. The number of aldehydes is 1. The Morgan fingerprint density at radius 2 is 2.00 bits per heavy atom. The number of nitrogens with zero attached hydrogens (tertiary/aromatic N) is 4. The van der Waals surface area contributed by atoms with Crippen molar-refractivity contribution in [3.8, 4) is 11.4 Å². The van der Waals surface area contributed by atoms with E-state index in [-0.39, 0.29) is 11.2 Å². The van der Waals surface area contributed by atoms with Gasteiger partial charge < -0.3 is 19.0 Å². The fraction of sp³-hybridized carbons (Fsp3) is 0.321. The highest BCUT2D eigenvalue weighted by atomic mass is 19.1. The molecule has 36 heavy (non-hydrogen) atoms. The number of hydrogen-bond acceptors (Lipinski definition) is 6. The number of amidine groups is 1. The minimum absolute atomic E-state index is 0.0872. The van der Waals surface area contributed by atoms with Gasteiger partial charge in [0, 0.05) is 18.3 Å². The minimum Gasteiger partial charge on any atom is -0.492 e. The van der Waals surface area contributed by atoms with Gasteiger partial charge >= 0.3 is 0 Å². The molecule has 184 valence electrons. The summed E-state index contributed by atoms with van der Waals surface area (Å²) in [5.74, 6) is 1.05. The van der Waals surface area contributed by atoms with Crippen LogP contribution < -0.4 is 4.74 Å². The molecule has 1 aromatic heterocycles. The molecule has 0 amide bonds. The van der Waals surface area contributed by atoms with E-state index in [0.29, 0.717) is 24.6 Å². The molecular weight excluding hydrogens is 459 g/mol. The SMILES string of the molecule is CCOc1cc(C=C2CC3(CC3)CN3C2=NOC3(C=O)c2ccc(F)cc2)ccc1-n1cnc(C)c1. The molecule has 1 unspecified atom stereocenters. The fourth-order valence-corrected chi connectivity index (χ4v) is 5.20.